The van der Waals surface area contributed by atoms with Gasteiger partial charge in [0, 0.05) is 14.1 Å². The van der Waals surface area contributed by atoms with Crippen molar-refractivity contribution in [2.45, 2.75) is 6.61 Å². The van der Waals surface area contributed by atoms with Gasteiger partial charge in [0.05, 0.1) is 12.3 Å². The van der Waals surface area contributed by atoms with Crippen LogP contribution in [0.2, 0.25) is 0 Å². The van der Waals surface area contributed by atoms with Gasteiger partial charge in [0.2, 0.25) is 5.75 Å². The lowest BCUT2D eigenvalue weighted by Crippen LogP contribution is -2.38. The van der Waals surface area contributed by atoms with E-state index >= 15 is 0 Å². The molecule has 0 saturated heterocycles. The van der Waals surface area contributed by atoms with Crippen LogP contribution in [0.5, 0.6) is 5.75 Å². The summed E-state index contributed by atoms with van der Waals surface area (Å²) < 4.78 is 1.80. The van der Waals surface area contributed by atoms with Crippen LogP contribution in [0, 0.1) is 0 Å². The molecule has 6 heteroatoms. The van der Waals surface area contributed by atoms with E-state index in [1.54, 1.807) is 0 Å². The molecule has 0 bridgehead atoms. The van der Waals surface area contributed by atoms with Gasteiger partial charge in [-0.15, -0.1) is 0 Å². The number of aromatic nitrogens is 2. The fraction of sp³-hybridized carbons (Fsp3) is 0.429. The van der Waals surface area contributed by atoms with Gasteiger partial charge >= 0.3 is 5.69 Å². The summed E-state index contributed by atoms with van der Waals surface area (Å²) in [6, 6.07) is 0. The van der Waals surface area contributed by atoms with E-state index in [0.29, 0.717) is 0 Å². The Morgan fingerprint density at radius 2 is 1.77 bits per heavy atom. The van der Waals surface area contributed by atoms with Crippen molar-refractivity contribution in [2.24, 2.45) is 14.1 Å². The van der Waals surface area contributed by atoms with Gasteiger partial charge in [-0.3, -0.25) is 13.9 Å². The summed E-state index contributed by atoms with van der Waals surface area (Å²) in [7, 11) is 2.62. The normalized spacial score (nSPS) is 10.4. The van der Waals surface area contributed by atoms with Crippen molar-refractivity contribution in [1.29, 1.82) is 0 Å². The van der Waals surface area contributed by atoms with Crippen LogP contribution in [0.4, 0.5) is 0 Å². The summed E-state index contributed by atoms with van der Waals surface area (Å²) in [6.07, 6.45) is 0. The largest absolute Gasteiger partial charge is 0.502 e. The summed E-state index contributed by atoms with van der Waals surface area (Å²) in [5, 5.41) is 18.0. The standard InChI is InChI=1S/C7H10N2O4/c1-8-4(3-10)5(11)6(12)9(2)7(8)13/h10-11H,3H2,1-2H3. The van der Waals surface area contributed by atoms with E-state index in [2.05, 4.69) is 0 Å². The van der Waals surface area contributed by atoms with Crippen molar-refractivity contribution in [2.75, 3.05) is 0 Å². The van der Waals surface area contributed by atoms with Gasteiger partial charge in [0.25, 0.3) is 5.56 Å². The molecule has 1 rings (SSSR count). The summed E-state index contributed by atoms with van der Waals surface area (Å²) in [5.41, 5.74) is -1.45. The third kappa shape index (κ3) is 1.25. The van der Waals surface area contributed by atoms with Crippen LogP contribution in [0.15, 0.2) is 9.59 Å². The molecule has 0 unspecified atom stereocenters. The van der Waals surface area contributed by atoms with Crippen molar-refractivity contribution in [3.8, 4) is 5.75 Å². The zero-order valence-electron chi connectivity index (χ0n) is 7.31. The molecule has 0 aromatic carbocycles. The van der Waals surface area contributed by atoms with Crippen LogP contribution < -0.4 is 11.2 Å². The number of aliphatic hydroxyl groups is 1. The molecule has 0 spiro atoms. The van der Waals surface area contributed by atoms with Crippen molar-refractivity contribution in [1.82, 2.24) is 9.13 Å². The predicted octanol–water partition coefficient (Wildman–Crippen LogP) is -1.72. The predicted molar refractivity (Wildman–Crippen MR) is 44.5 cm³/mol. The van der Waals surface area contributed by atoms with Crippen LogP contribution in [-0.2, 0) is 20.7 Å². The average molecular weight is 186 g/mol. The Labute approximate surface area is 73.3 Å². The van der Waals surface area contributed by atoms with E-state index < -0.39 is 23.6 Å². The summed E-state index contributed by atoms with van der Waals surface area (Å²) >= 11 is 0. The van der Waals surface area contributed by atoms with Crippen molar-refractivity contribution in [3.05, 3.63) is 26.5 Å². The number of hydrogen-bond acceptors (Lipinski definition) is 4. The second-order valence-electron chi connectivity index (χ2n) is 2.66. The number of rotatable bonds is 1. The Morgan fingerprint density at radius 1 is 1.23 bits per heavy atom. The minimum atomic E-state index is -0.799. The first-order valence-electron chi connectivity index (χ1n) is 3.59. The first-order valence-corrected chi connectivity index (χ1v) is 3.59. The van der Waals surface area contributed by atoms with Crippen LogP contribution >= 0.6 is 0 Å². The van der Waals surface area contributed by atoms with Gasteiger partial charge in [-0.05, 0) is 0 Å². The lowest BCUT2D eigenvalue weighted by molar-refractivity contribution is 0.260. The Morgan fingerprint density at radius 3 is 2.23 bits per heavy atom. The van der Waals surface area contributed by atoms with Crippen molar-refractivity contribution < 1.29 is 10.2 Å². The number of hydrogen-bond donors (Lipinski definition) is 2. The molecule has 0 aliphatic heterocycles. The van der Waals surface area contributed by atoms with Crippen LogP contribution in [0.3, 0.4) is 0 Å². The molecule has 1 aromatic rings. The second-order valence-corrected chi connectivity index (χ2v) is 2.66. The monoisotopic (exact) mass is 186 g/mol. The molecule has 1 aromatic heterocycles. The van der Waals surface area contributed by atoms with E-state index in [4.69, 9.17) is 5.11 Å². The van der Waals surface area contributed by atoms with Gasteiger partial charge in [-0.1, -0.05) is 0 Å². The average Bonchev–Trinajstić information content (AvgIpc) is 2.13. The highest BCUT2D eigenvalue weighted by Gasteiger charge is 2.12. The molecule has 0 aliphatic rings. The minimum Gasteiger partial charge on any atom is -0.502 e. The minimum absolute atomic E-state index is 0.0758. The molecule has 13 heavy (non-hydrogen) atoms. The molecule has 0 radical (unpaired) electrons. The summed E-state index contributed by atoms with van der Waals surface area (Å²) in [4.78, 5) is 22.3. The first kappa shape index (κ1) is 9.53. The maximum atomic E-state index is 11.2. The first-order chi connectivity index (χ1) is 6.00. The van der Waals surface area contributed by atoms with Crippen molar-refractivity contribution >= 4 is 0 Å². The van der Waals surface area contributed by atoms with Crippen LogP contribution in [0.25, 0.3) is 0 Å². The number of aromatic hydroxyl groups is 1. The van der Waals surface area contributed by atoms with Gasteiger partial charge in [-0.25, -0.2) is 4.79 Å². The molecule has 2 N–H and O–H groups in total. The fourth-order valence-electron chi connectivity index (χ4n) is 1.05. The zero-order valence-corrected chi connectivity index (χ0v) is 7.31. The summed E-state index contributed by atoms with van der Waals surface area (Å²) in [5.74, 6) is -0.591. The molecule has 0 saturated carbocycles. The second kappa shape index (κ2) is 3.06. The van der Waals surface area contributed by atoms with Gasteiger partial charge in [-0.2, -0.15) is 0 Å². The number of nitrogens with zero attached hydrogens (tertiary/aromatic N) is 2. The van der Waals surface area contributed by atoms with E-state index in [1.807, 2.05) is 0 Å². The molecular weight excluding hydrogens is 176 g/mol. The van der Waals surface area contributed by atoms with Crippen molar-refractivity contribution in [3.63, 3.8) is 0 Å². The molecule has 1 heterocycles. The summed E-state index contributed by atoms with van der Waals surface area (Å²) in [6.45, 7) is -0.548. The topological polar surface area (TPSA) is 84.5 Å². The lowest BCUT2D eigenvalue weighted by Gasteiger charge is -2.08. The molecule has 6 nitrogen and oxygen atoms in total. The maximum Gasteiger partial charge on any atom is 0.330 e. The lowest BCUT2D eigenvalue weighted by atomic mass is 10.4. The highest BCUT2D eigenvalue weighted by atomic mass is 16.3. The Kier molecular flexibility index (Phi) is 2.24. The van der Waals surface area contributed by atoms with Crippen LogP contribution in [0.1, 0.15) is 5.69 Å². The number of aliphatic hydroxyl groups excluding tert-OH is 1. The van der Waals surface area contributed by atoms with E-state index in [9.17, 15) is 14.7 Å². The van der Waals surface area contributed by atoms with Gasteiger partial charge in [0.1, 0.15) is 0 Å². The Hall–Kier alpha value is -1.56. The SMILES string of the molecule is Cn1c(CO)c(O)c(=O)n(C)c1=O. The molecule has 0 aliphatic carbocycles. The Bertz CT molecular complexity index is 406. The zero-order chi connectivity index (χ0) is 10.2. The van der Waals surface area contributed by atoms with E-state index in [1.165, 1.54) is 14.1 Å². The van der Waals surface area contributed by atoms with Crippen LogP contribution in [-0.4, -0.2) is 19.3 Å². The highest BCUT2D eigenvalue weighted by molar-refractivity contribution is 5.22. The fourth-order valence-corrected chi connectivity index (χ4v) is 1.05. The smallest absolute Gasteiger partial charge is 0.330 e. The highest BCUT2D eigenvalue weighted by Crippen LogP contribution is 2.06. The molecular formula is C7H10N2O4. The molecule has 0 amide bonds. The molecule has 72 valence electrons. The Balaban J connectivity index is 3.78. The maximum absolute atomic E-state index is 11.2. The van der Waals surface area contributed by atoms with E-state index in [-0.39, 0.29) is 5.69 Å². The quantitative estimate of drug-likeness (QED) is 0.546. The third-order valence-corrected chi connectivity index (χ3v) is 1.91. The van der Waals surface area contributed by atoms with Gasteiger partial charge < -0.3 is 10.2 Å². The molecule has 0 fully saturated rings. The van der Waals surface area contributed by atoms with Gasteiger partial charge in [0.15, 0.2) is 0 Å². The third-order valence-electron chi connectivity index (χ3n) is 1.91. The van der Waals surface area contributed by atoms with E-state index in [0.717, 1.165) is 9.13 Å². The molecule has 0 atom stereocenters.